The van der Waals surface area contributed by atoms with Gasteiger partial charge in [0.2, 0.25) is 5.78 Å². The number of hydrogen-bond acceptors (Lipinski definition) is 11. The highest BCUT2D eigenvalue weighted by atomic mass is 19.4. The van der Waals surface area contributed by atoms with Crippen molar-refractivity contribution in [2.45, 2.75) is 50.5 Å². The Morgan fingerprint density at radius 1 is 0.541 bits per heavy atom. The van der Waals surface area contributed by atoms with Gasteiger partial charge < -0.3 is 46.8 Å². The molecule has 61 heavy (non-hydrogen) atoms. The summed E-state index contributed by atoms with van der Waals surface area (Å²) in [7, 11) is 0. The lowest BCUT2D eigenvalue weighted by molar-refractivity contribution is -0.193. The monoisotopic (exact) mass is 906 g/mol. The van der Waals surface area contributed by atoms with Crippen LogP contribution < -0.4 is 26.4 Å². The van der Waals surface area contributed by atoms with Crippen LogP contribution >= 0.6 is 0 Å². The van der Waals surface area contributed by atoms with Gasteiger partial charge in [-0.2, -0.15) is 52.7 Å². The summed E-state index contributed by atoms with van der Waals surface area (Å²) in [5, 5.41) is 38.8. The maximum absolute atomic E-state index is 12.6. The maximum Gasteiger partial charge on any atom is 0.490 e. The van der Waals surface area contributed by atoms with Crippen LogP contribution in [0.3, 0.4) is 0 Å². The van der Waals surface area contributed by atoms with Crippen LogP contribution in [0.5, 0.6) is 5.75 Å². The number of ketones is 2. The zero-order valence-corrected chi connectivity index (χ0v) is 31.0. The maximum atomic E-state index is 12.6. The second-order valence-corrected chi connectivity index (χ2v) is 11.2. The standard InChI is InChI=1S/C26H34N4O3.4C2HF3O2/c27-12-3-13-28-14-4-15-29-16-5-17-30-19-20-8-10-21(11-9-20)33-25-18-24(31)22-6-1-2-7-23(22)26(25)32;4*3-2(4,5)1(6)7/h1-2,6-11,18,28-30H,3-5,12-17,19,27H2;4*(H,6,7). The number of allylic oxidation sites excluding steroid dienone is 2. The molecule has 3 rings (SSSR count). The van der Waals surface area contributed by atoms with Gasteiger partial charge in [-0.15, -0.1) is 0 Å². The third-order valence-corrected chi connectivity index (χ3v) is 6.35. The molecule has 27 heteroatoms. The number of Topliss-reactive ketones (excluding diaryl/α,β-unsaturated/α-hetero) is 1. The number of aliphatic carboxylic acids is 4. The summed E-state index contributed by atoms with van der Waals surface area (Å²) in [5.41, 5.74) is 7.39. The van der Waals surface area contributed by atoms with E-state index in [4.69, 9.17) is 50.1 Å². The first kappa shape index (κ1) is 57.3. The van der Waals surface area contributed by atoms with Crippen LogP contribution in [0.4, 0.5) is 52.7 Å². The van der Waals surface area contributed by atoms with Gasteiger partial charge in [-0.05, 0) is 76.2 Å². The largest absolute Gasteiger partial charge is 0.490 e. The predicted molar refractivity (Wildman–Crippen MR) is 185 cm³/mol. The highest BCUT2D eigenvalue weighted by Crippen LogP contribution is 2.24. The summed E-state index contributed by atoms with van der Waals surface area (Å²) in [5.74, 6) is -10.9. The Morgan fingerprint density at radius 2 is 0.885 bits per heavy atom. The molecule has 0 atom stereocenters. The van der Waals surface area contributed by atoms with Gasteiger partial charge in [-0.1, -0.05) is 36.4 Å². The number of carbonyl (C=O) groups excluding carboxylic acids is 2. The molecule has 0 heterocycles. The zero-order valence-electron chi connectivity index (χ0n) is 31.0. The van der Waals surface area contributed by atoms with Crippen molar-refractivity contribution in [1.29, 1.82) is 0 Å². The van der Waals surface area contributed by atoms with E-state index in [-0.39, 0.29) is 17.3 Å². The number of nitrogens with one attached hydrogen (secondary N) is 3. The number of carboxylic acid groups (broad SMARTS) is 4. The Bertz CT molecular complexity index is 1640. The van der Waals surface area contributed by atoms with Gasteiger partial charge in [0.05, 0.1) is 0 Å². The van der Waals surface area contributed by atoms with Crippen molar-refractivity contribution in [3.8, 4) is 5.75 Å². The van der Waals surface area contributed by atoms with Crippen LogP contribution in [0.1, 0.15) is 45.5 Å². The molecule has 0 aliphatic heterocycles. The molecule has 0 radical (unpaired) electrons. The Kier molecular flexibility index (Phi) is 26.2. The highest BCUT2D eigenvalue weighted by Gasteiger charge is 2.40. The fraction of sp³-hybridized carbons (Fsp3) is 0.412. The zero-order chi connectivity index (χ0) is 47.6. The molecule has 1 aliphatic carbocycles. The first-order valence-corrected chi connectivity index (χ1v) is 16.7. The summed E-state index contributed by atoms with van der Waals surface area (Å²) in [6.07, 6.45) is -15.8. The van der Waals surface area contributed by atoms with Crippen molar-refractivity contribution in [1.82, 2.24) is 16.0 Å². The number of benzene rings is 2. The third kappa shape index (κ3) is 27.6. The van der Waals surface area contributed by atoms with Gasteiger partial charge in [-0.3, -0.25) is 9.59 Å². The van der Waals surface area contributed by atoms with E-state index >= 15 is 0 Å². The molecular weight excluding hydrogens is 868 g/mol. The van der Waals surface area contributed by atoms with E-state index in [0.29, 0.717) is 16.9 Å². The van der Waals surface area contributed by atoms with Crippen molar-refractivity contribution in [2.24, 2.45) is 5.73 Å². The number of alkyl halides is 12. The summed E-state index contributed by atoms with van der Waals surface area (Å²) in [6.45, 7) is 6.48. The molecule has 344 valence electrons. The Morgan fingerprint density at radius 3 is 1.25 bits per heavy atom. The molecule has 0 unspecified atom stereocenters. The average Bonchev–Trinajstić information content (AvgIpc) is 3.14. The molecule has 2 aromatic rings. The van der Waals surface area contributed by atoms with E-state index in [1.165, 1.54) is 6.08 Å². The predicted octanol–water partition coefficient (Wildman–Crippen LogP) is 4.96. The van der Waals surface area contributed by atoms with Gasteiger partial charge in [0.15, 0.2) is 11.5 Å². The molecule has 0 saturated carbocycles. The summed E-state index contributed by atoms with van der Waals surface area (Å²) in [6, 6.07) is 14.4. The number of fused-ring (bicyclic) bond motifs is 1. The molecule has 1 aliphatic rings. The second kappa shape index (κ2) is 27.9. The summed E-state index contributed by atoms with van der Waals surface area (Å²) >= 11 is 0. The van der Waals surface area contributed by atoms with Crippen LogP contribution in [0, 0.1) is 0 Å². The quantitative estimate of drug-likeness (QED) is 0.0869. The molecule has 0 aromatic heterocycles. The van der Waals surface area contributed by atoms with E-state index in [1.807, 2.05) is 24.3 Å². The number of carbonyl (C=O) groups is 6. The number of ether oxygens (including phenoxy) is 1. The first-order valence-electron chi connectivity index (χ1n) is 16.7. The minimum Gasteiger partial charge on any atom is -0.475 e. The van der Waals surface area contributed by atoms with Crippen molar-refractivity contribution >= 4 is 35.4 Å². The lowest BCUT2D eigenvalue weighted by atomic mass is 9.94. The van der Waals surface area contributed by atoms with Crippen LogP contribution in [0.2, 0.25) is 0 Å². The summed E-state index contributed by atoms with van der Waals surface area (Å²) < 4.78 is 133. The molecule has 15 nitrogen and oxygen atoms in total. The lowest BCUT2D eigenvalue weighted by Gasteiger charge is -2.15. The fourth-order valence-corrected chi connectivity index (χ4v) is 3.56. The van der Waals surface area contributed by atoms with Gasteiger partial charge in [-0.25, -0.2) is 19.2 Å². The first-order chi connectivity index (χ1) is 28.0. The van der Waals surface area contributed by atoms with Crippen LogP contribution in [-0.2, 0) is 25.7 Å². The third-order valence-electron chi connectivity index (χ3n) is 6.35. The fourth-order valence-electron chi connectivity index (χ4n) is 3.56. The number of nitrogens with two attached hydrogens (primary N) is 1. The van der Waals surface area contributed by atoms with E-state index < -0.39 is 48.6 Å². The minimum absolute atomic E-state index is 0.0587. The van der Waals surface area contributed by atoms with E-state index in [0.717, 1.165) is 70.6 Å². The number of carboxylic acids is 4. The molecule has 9 N–H and O–H groups in total. The van der Waals surface area contributed by atoms with Crippen LogP contribution in [-0.4, -0.2) is 120 Å². The number of hydrogen-bond donors (Lipinski definition) is 8. The SMILES string of the molecule is NCCCNCCCNCCCNCc1ccc(OC2=CC(=O)c3ccccc3C2=O)cc1.O=C(O)C(F)(F)F.O=C(O)C(F)(F)F.O=C(O)C(F)(F)F.O=C(O)C(F)(F)F. The Hall–Kier alpha value is -5.80. The smallest absolute Gasteiger partial charge is 0.475 e. The van der Waals surface area contributed by atoms with Gasteiger partial charge >= 0.3 is 48.6 Å². The molecule has 0 saturated heterocycles. The lowest BCUT2D eigenvalue weighted by Crippen LogP contribution is -2.26. The second-order valence-electron chi connectivity index (χ2n) is 11.2. The molecule has 0 fully saturated rings. The normalized spacial score (nSPS) is 12.2. The summed E-state index contributed by atoms with van der Waals surface area (Å²) in [4.78, 5) is 60.4. The van der Waals surface area contributed by atoms with Crippen molar-refractivity contribution in [3.63, 3.8) is 0 Å². The van der Waals surface area contributed by atoms with Gasteiger partial charge in [0, 0.05) is 23.7 Å². The highest BCUT2D eigenvalue weighted by molar-refractivity contribution is 6.23. The average molecular weight is 907 g/mol. The van der Waals surface area contributed by atoms with Gasteiger partial charge in [0.1, 0.15) is 5.75 Å². The Balaban J connectivity index is 0. The van der Waals surface area contributed by atoms with E-state index in [1.54, 1.807) is 24.3 Å². The molecule has 0 amide bonds. The topological polar surface area (TPSA) is 255 Å². The Labute approximate surface area is 336 Å². The number of halogens is 12. The molecule has 0 spiro atoms. The molecule has 0 bridgehead atoms. The van der Waals surface area contributed by atoms with Crippen molar-refractivity contribution in [2.75, 3.05) is 39.3 Å². The van der Waals surface area contributed by atoms with Gasteiger partial charge in [0.25, 0.3) is 0 Å². The van der Waals surface area contributed by atoms with Crippen molar-refractivity contribution < 1.29 is 107 Å². The van der Waals surface area contributed by atoms with Crippen molar-refractivity contribution in [3.05, 3.63) is 77.1 Å². The van der Waals surface area contributed by atoms with E-state index in [9.17, 15) is 62.3 Å². The number of rotatable bonds is 15. The minimum atomic E-state index is -5.08. The van der Waals surface area contributed by atoms with Crippen LogP contribution in [0.25, 0.3) is 0 Å². The molecule has 2 aromatic carbocycles. The van der Waals surface area contributed by atoms with Crippen LogP contribution in [0.15, 0.2) is 60.4 Å². The molecular formula is C34H38F12N4O11. The van der Waals surface area contributed by atoms with E-state index in [2.05, 4.69) is 16.0 Å².